The van der Waals surface area contributed by atoms with Crippen LogP contribution in [0.5, 0.6) is 23.0 Å². The Hall–Kier alpha value is -4.48. The number of aromatic hydroxyl groups is 2. The van der Waals surface area contributed by atoms with Crippen LogP contribution >= 0.6 is 23.2 Å². The maximum absolute atomic E-state index is 13.3. The minimum absolute atomic E-state index is 0.0467. The van der Waals surface area contributed by atoms with E-state index in [1.54, 1.807) is 30.3 Å². The monoisotopic (exact) mass is 660 g/mol. The molecule has 0 bridgehead atoms. The Morgan fingerprint density at radius 1 is 1.02 bits per heavy atom. The Morgan fingerprint density at radius 2 is 1.73 bits per heavy atom. The van der Waals surface area contributed by atoms with Gasteiger partial charge in [-0.2, -0.15) is 13.5 Å². The maximum Gasteiger partial charge on any atom is 0.387 e. The summed E-state index contributed by atoms with van der Waals surface area (Å²) >= 11 is 12.9. The van der Waals surface area contributed by atoms with Gasteiger partial charge in [-0.1, -0.05) is 47.5 Å². The fourth-order valence-electron chi connectivity index (χ4n) is 5.02. The van der Waals surface area contributed by atoms with Crippen molar-refractivity contribution in [1.82, 2.24) is 0 Å². The minimum Gasteiger partial charge on any atom is -0.619 e. The summed E-state index contributed by atoms with van der Waals surface area (Å²) in [4.78, 5) is 12.0. The molecule has 1 saturated carbocycles. The molecule has 1 heterocycles. The predicted octanol–water partition coefficient (Wildman–Crippen LogP) is 7.11. The third-order valence-electron chi connectivity index (χ3n) is 7.51. The van der Waals surface area contributed by atoms with Crippen molar-refractivity contribution >= 4 is 34.9 Å². The van der Waals surface area contributed by atoms with E-state index in [4.69, 9.17) is 32.7 Å². The molecule has 1 aliphatic rings. The Morgan fingerprint density at radius 3 is 2.38 bits per heavy atom. The maximum atomic E-state index is 13.3. The number of aromatic carboxylic acids is 1. The van der Waals surface area contributed by atoms with Crippen molar-refractivity contribution in [2.75, 3.05) is 11.9 Å². The molecule has 13 heteroatoms. The van der Waals surface area contributed by atoms with E-state index in [-0.39, 0.29) is 51.4 Å². The average molecular weight is 661 g/mol. The molecule has 4 N–H and O–H groups in total. The molecule has 0 amide bonds. The van der Waals surface area contributed by atoms with E-state index in [1.807, 2.05) is 0 Å². The van der Waals surface area contributed by atoms with Gasteiger partial charge in [0.1, 0.15) is 27.1 Å². The number of nitrogens with one attached hydrogen (secondary N) is 1. The lowest BCUT2D eigenvalue weighted by Gasteiger charge is -2.25. The molecule has 0 saturated heterocycles. The highest BCUT2D eigenvalue weighted by molar-refractivity contribution is 6.35. The first-order valence-corrected chi connectivity index (χ1v) is 14.7. The molecular weight excluding hydrogens is 633 g/mol. The number of phenolic OH excluding ortho intramolecular Hbond substituents is 1. The summed E-state index contributed by atoms with van der Waals surface area (Å²) in [7, 11) is 0. The van der Waals surface area contributed by atoms with Gasteiger partial charge in [-0.15, -0.1) is 0 Å². The van der Waals surface area contributed by atoms with Crippen molar-refractivity contribution in [3.8, 4) is 23.0 Å². The lowest BCUT2D eigenvalue weighted by atomic mass is 9.82. The van der Waals surface area contributed by atoms with Crippen LogP contribution < -0.4 is 19.5 Å². The SMILES string of the molecule is O=C(O)c1ccc([C@@H](Cc2c(Cl)c[n+]([O-])cc2Cl)c2ccc(OC(F)F)c(OCC3CC3)c2)c(CNc2ccccc2O)c1O. The van der Waals surface area contributed by atoms with E-state index in [1.165, 1.54) is 24.3 Å². The molecule has 4 aromatic rings. The molecule has 1 aliphatic carbocycles. The highest BCUT2D eigenvalue weighted by Crippen LogP contribution is 2.42. The first-order valence-electron chi connectivity index (χ1n) is 13.9. The molecule has 0 aliphatic heterocycles. The van der Waals surface area contributed by atoms with Crippen LogP contribution in [-0.4, -0.2) is 34.5 Å². The number of anilines is 1. The van der Waals surface area contributed by atoms with Gasteiger partial charge >= 0.3 is 12.6 Å². The fraction of sp³-hybridized carbons (Fsp3) is 0.250. The first kappa shape index (κ1) is 31.9. The number of benzene rings is 3. The highest BCUT2D eigenvalue weighted by Gasteiger charge is 2.28. The standard InChI is InChI=1S/C32H28Cl2F2N2O7/c33-24-14-38(43)15-25(34)22(24)12-21(18-7-10-28(45-32(35)36)29(11-18)44-16-17-5-6-17)19-8-9-20(31(41)42)30(40)23(19)13-37-26-3-1-2-4-27(26)39/h1-4,7-11,14-15,17,21,32,37,39-40H,5-6,12-13,16H2,(H,41,42)/t21-/m0/s1. The molecule has 0 unspecified atom stereocenters. The summed E-state index contributed by atoms with van der Waals surface area (Å²) in [5, 5.41) is 46.4. The van der Waals surface area contributed by atoms with Crippen molar-refractivity contribution < 1.29 is 43.1 Å². The molecule has 236 valence electrons. The predicted molar refractivity (Wildman–Crippen MR) is 163 cm³/mol. The van der Waals surface area contributed by atoms with Crippen molar-refractivity contribution in [3.05, 3.63) is 110 Å². The second kappa shape index (κ2) is 13.7. The van der Waals surface area contributed by atoms with Crippen LogP contribution in [0.3, 0.4) is 0 Å². The fourth-order valence-corrected chi connectivity index (χ4v) is 5.62. The third-order valence-corrected chi connectivity index (χ3v) is 8.16. The molecule has 1 atom stereocenters. The van der Waals surface area contributed by atoms with E-state index >= 15 is 0 Å². The molecule has 9 nitrogen and oxygen atoms in total. The number of pyridine rings is 1. The number of hydrogen-bond donors (Lipinski definition) is 4. The molecule has 0 spiro atoms. The van der Waals surface area contributed by atoms with Gasteiger partial charge in [0.25, 0.3) is 0 Å². The Balaban J connectivity index is 1.66. The van der Waals surface area contributed by atoms with Gasteiger partial charge in [-0.25, -0.2) is 4.79 Å². The smallest absolute Gasteiger partial charge is 0.387 e. The number of aromatic nitrogens is 1. The van der Waals surface area contributed by atoms with Crippen molar-refractivity contribution in [2.45, 2.75) is 38.3 Å². The molecule has 1 fully saturated rings. The summed E-state index contributed by atoms with van der Waals surface area (Å²) in [5.74, 6) is -2.46. The third kappa shape index (κ3) is 7.61. The summed E-state index contributed by atoms with van der Waals surface area (Å²) in [6, 6.07) is 13.6. The molecule has 45 heavy (non-hydrogen) atoms. The largest absolute Gasteiger partial charge is 0.619 e. The molecule has 0 radical (unpaired) electrons. The number of carboxylic acid groups (broad SMARTS) is 1. The van der Waals surface area contributed by atoms with E-state index in [2.05, 4.69) is 5.32 Å². The summed E-state index contributed by atoms with van der Waals surface area (Å²) in [5.41, 5.74) is 1.48. The number of phenols is 2. The number of para-hydroxylation sites is 2. The molecule has 1 aromatic heterocycles. The van der Waals surface area contributed by atoms with Crippen LogP contribution in [0.1, 0.15) is 51.4 Å². The summed E-state index contributed by atoms with van der Waals surface area (Å²) < 4.78 is 37.6. The second-order valence-electron chi connectivity index (χ2n) is 10.6. The lowest BCUT2D eigenvalue weighted by Crippen LogP contribution is -2.25. The Labute approximate surface area is 266 Å². The van der Waals surface area contributed by atoms with Crippen molar-refractivity contribution in [1.29, 1.82) is 0 Å². The van der Waals surface area contributed by atoms with E-state index in [0.29, 0.717) is 39.6 Å². The van der Waals surface area contributed by atoms with Crippen LogP contribution in [-0.2, 0) is 13.0 Å². The number of carboxylic acids is 1. The van der Waals surface area contributed by atoms with Gasteiger partial charge in [0.2, 0.25) is 0 Å². The van der Waals surface area contributed by atoms with Gasteiger partial charge in [-0.05, 0) is 66.6 Å². The number of ether oxygens (including phenoxy) is 2. The van der Waals surface area contributed by atoms with E-state index in [9.17, 15) is 34.1 Å². The lowest BCUT2D eigenvalue weighted by molar-refractivity contribution is -0.605. The average Bonchev–Trinajstić information content (AvgIpc) is 3.81. The Kier molecular flexibility index (Phi) is 9.69. The van der Waals surface area contributed by atoms with E-state index < -0.39 is 24.2 Å². The van der Waals surface area contributed by atoms with Gasteiger partial charge in [0, 0.05) is 23.6 Å². The molecule has 5 rings (SSSR count). The van der Waals surface area contributed by atoms with Gasteiger partial charge < -0.3 is 35.3 Å². The number of alkyl halides is 2. The summed E-state index contributed by atoms with van der Waals surface area (Å²) in [6.07, 6.45) is 4.23. The number of halogens is 4. The Bertz CT molecular complexity index is 1700. The number of nitrogens with zero attached hydrogens (tertiary/aromatic N) is 1. The number of carbonyl (C=O) groups is 1. The zero-order valence-electron chi connectivity index (χ0n) is 23.6. The number of rotatable bonds is 13. The van der Waals surface area contributed by atoms with Gasteiger partial charge in [0.05, 0.1) is 12.3 Å². The minimum atomic E-state index is -3.09. The van der Waals surface area contributed by atoms with E-state index in [0.717, 1.165) is 25.2 Å². The van der Waals surface area contributed by atoms with Crippen LogP contribution in [0.25, 0.3) is 0 Å². The first-order chi connectivity index (χ1) is 21.5. The van der Waals surface area contributed by atoms with Gasteiger partial charge in [-0.3, -0.25) is 0 Å². The highest BCUT2D eigenvalue weighted by atomic mass is 35.5. The van der Waals surface area contributed by atoms with Gasteiger partial charge in [0.15, 0.2) is 23.9 Å². The van der Waals surface area contributed by atoms with Crippen LogP contribution in [0.4, 0.5) is 14.5 Å². The zero-order valence-corrected chi connectivity index (χ0v) is 25.1. The summed E-state index contributed by atoms with van der Waals surface area (Å²) in [6.45, 7) is -2.91. The molecular formula is C32H28Cl2F2N2O7. The topological polar surface area (TPSA) is 135 Å². The van der Waals surface area contributed by atoms with Crippen molar-refractivity contribution in [3.63, 3.8) is 0 Å². The number of hydrogen-bond acceptors (Lipinski definition) is 7. The molecule has 3 aromatic carbocycles. The van der Waals surface area contributed by atoms with Crippen molar-refractivity contribution in [2.24, 2.45) is 5.92 Å². The normalized spacial score (nSPS) is 13.4. The second-order valence-corrected chi connectivity index (χ2v) is 11.4. The van der Waals surface area contributed by atoms with Crippen LogP contribution in [0.2, 0.25) is 10.0 Å². The zero-order chi connectivity index (χ0) is 32.2. The van der Waals surface area contributed by atoms with Crippen LogP contribution in [0.15, 0.2) is 67.0 Å². The quantitative estimate of drug-likeness (QED) is 0.0677. The van der Waals surface area contributed by atoms with Crippen LogP contribution in [0, 0.1) is 11.1 Å².